The number of nitrogens with zero attached hydrogens (tertiary/aromatic N) is 1. The summed E-state index contributed by atoms with van der Waals surface area (Å²) < 4.78 is 37.8. The maximum atomic E-state index is 12.6. The lowest BCUT2D eigenvalue weighted by atomic mass is 10.1. The predicted molar refractivity (Wildman–Crippen MR) is 72.4 cm³/mol. The largest absolute Gasteiger partial charge is 0.443 e. The van der Waals surface area contributed by atoms with Gasteiger partial charge >= 0.3 is 6.18 Å². The molecule has 1 saturated carbocycles. The molecule has 1 aromatic heterocycles. The molecule has 0 saturated heterocycles. The van der Waals surface area contributed by atoms with E-state index < -0.39 is 11.2 Å². The van der Waals surface area contributed by atoms with Crippen molar-refractivity contribution < 1.29 is 13.2 Å². The summed E-state index contributed by atoms with van der Waals surface area (Å²) in [7, 11) is 0. The summed E-state index contributed by atoms with van der Waals surface area (Å²) in [6, 6.07) is 8.09. The van der Waals surface area contributed by atoms with Crippen molar-refractivity contribution >= 4 is 11.3 Å². The first-order valence-electron chi connectivity index (χ1n) is 6.39. The molecule has 0 unspecified atom stereocenters. The molecule has 0 radical (unpaired) electrons. The second kappa shape index (κ2) is 5.18. The highest BCUT2D eigenvalue weighted by Gasteiger charge is 2.34. The Balaban J connectivity index is 1.86. The average Bonchev–Trinajstić information content (AvgIpc) is 3.09. The zero-order valence-electron chi connectivity index (χ0n) is 10.6. The second-order valence-corrected chi connectivity index (χ2v) is 5.87. The van der Waals surface area contributed by atoms with E-state index in [0.29, 0.717) is 28.8 Å². The van der Waals surface area contributed by atoms with Gasteiger partial charge in [-0.15, -0.1) is 11.3 Å². The molecule has 20 heavy (non-hydrogen) atoms. The van der Waals surface area contributed by atoms with Crippen LogP contribution in [0.2, 0.25) is 0 Å². The molecule has 1 heterocycles. The van der Waals surface area contributed by atoms with Crippen LogP contribution < -0.4 is 5.32 Å². The van der Waals surface area contributed by atoms with Gasteiger partial charge in [0.25, 0.3) is 0 Å². The number of nitrogens with one attached hydrogen (secondary N) is 1. The Morgan fingerprint density at radius 3 is 2.65 bits per heavy atom. The van der Waals surface area contributed by atoms with E-state index in [1.165, 1.54) is 19.0 Å². The first kappa shape index (κ1) is 13.6. The summed E-state index contributed by atoms with van der Waals surface area (Å²) in [5, 5.41) is 2.59. The van der Waals surface area contributed by atoms with Gasteiger partial charge in [-0.25, -0.2) is 4.98 Å². The summed E-state index contributed by atoms with van der Waals surface area (Å²) in [6.45, 7) is 0.681. The highest BCUT2D eigenvalue weighted by molar-refractivity contribution is 7.15. The van der Waals surface area contributed by atoms with E-state index in [4.69, 9.17) is 0 Å². The van der Waals surface area contributed by atoms with Gasteiger partial charge in [0.05, 0.1) is 4.88 Å². The van der Waals surface area contributed by atoms with Crippen LogP contribution in [0.1, 0.15) is 23.4 Å². The number of hydrogen-bond donors (Lipinski definition) is 1. The molecule has 106 valence electrons. The highest BCUT2D eigenvalue weighted by Crippen LogP contribution is 2.37. The Kier molecular flexibility index (Phi) is 3.52. The van der Waals surface area contributed by atoms with Gasteiger partial charge in [0.1, 0.15) is 0 Å². The molecule has 2 nitrogen and oxygen atoms in total. The fraction of sp³-hybridized carbons (Fsp3) is 0.357. The molecule has 1 aliphatic carbocycles. The van der Waals surface area contributed by atoms with Gasteiger partial charge in [-0.05, 0) is 24.0 Å². The first-order valence-corrected chi connectivity index (χ1v) is 7.20. The minimum atomic E-state index is -4.37. The molecule has 6 heteroatoms. The number of halogens is 3. The molecule has 3 rings (SSSR count). The number of rotatable bonds is 4. The van der Waals surface area contributed by atoms with Crippen LogP contribution in [0.4, 0.5) is 13.2 Å². The standard InChI is InChI=1S/C14H13F3N2S/c15-14(16,17)13-19-8-12(20-13)11-4-2-1-3-9(11)7-18-10-5-6-10/h1-4,8,10,18H,5-7H2. The van der Waals surface area contributed by atoms with Gasteiger partial charge in [-0.2, -0.15) is 13.2 Å². The zero-order valence-corrected chi connectivity index (χ0v) is 11.4. The van der Waals surface area contributed by atoms with Crippen molar-refractivity contribution in [1.82, 2.24) is 10.3 Å². The quantitative estimate of drug-likeness (QED) is 0.920. The monoisotopic (exact) mass is 298 g/mol. The summed E-state index contributed by atoms with van der Waals surface area (Å²) in [5.41, 5.74) is 1.84. The van der Waals surface area contributed by atoms with Gasteiger partial charge in [0.2, 0.25) is 0 Å². The van der Waals surface area contributed by atoms with Gasteiger partial charge in [0, 0.05) is 18.8 Å². The van der Waals surface area contributed by atoms with Crippen LogP contribution >= 0.6 is 11.3 Å². The fourth-order valence-corrected chi connectivity index (χ4v) is 2.83. The molecule has 2 aromatic rings. The SMILES string of the molecule is FC(F)(F)c1ncc(-c2ccccc2CNC2CC2)s1. The van der Waals surface area contributed by atoms with Crippen LogP contribution in [0.15, 0.2) is 30.5 Å². The van der Waals surface area contributed by atoms with Gasteiger partial charge in [0.15, 0.2) is 5.01 Å². The third kappa shape index (κ3) is 3.02. The Morgan fingerprint density at radius 2 is 2.00 bits per heavy atom. The Morgan fingerprint density at radius 1 is 1.25 bits per heavy atom. The van der Waals surface area contributed by atoms with Crippen LogP contribution in [0, 0.1) is 0 Å². The van der Waals surface area contributed by atoms with Crippen molar-refractivity contribution in [3.63, 3.8) is 0 Å². The van der Waals surface area contributed by atoms with Crippen LogP contribution in [0.3, 0.4) is 0 Å². The van der Waals surface area contributed by atoms with E-state index in [-0.39, 0.29) is 0 Å². The minimum Gasteiger partial charge on any atom is -0.310 e. The molecule has 0 spiro atoms. The van der Waals surface area contributed by atoms with E-state index in [2.05, 4.69) is 10.3 Å². The van der Waals surface area contributed by atoms with Crippen molar-refractivity contribution in [2.24, 2.45) is 0 Å². The van der Waals surface area contributed by atoms with Crippen molar-refractivity contribution in [2.75, 3.05) is 0 Å². The van der Waals surface area contributed by atoms with E-state index in [1.807, 2.05) is 24.3 Å². The topological polar surface area (TPSA) is 24.9 Å². The summed E-state index contributed by atoms with van der Waals surface area (Å²) in [6.07, 6.45) is -0.699. The number of aromatic nitrogens is 1. The molecular weight excluding hydrogens is 285 g/mol. The van der Waals surface area contributed by atoms with Gasteiger partial charge in [-0.3, -0.25) is 0 Å². The first-order chi connectivity index (χ1) is 9.54. The molecule has 1 fully saturated rings. The molecule has 0 bridgehead atoms. The number of alkyl halides is 3. The summed E-state index contributed by atoms with van der Waals surface area (Å²) in [4.78, 5) is 4.05. The Labute approximate surface area is 118 Å². The van der Waals surface area contributed by atoms with Gasteiger partial charge < -0.3 is 5.32 Å². The zero-order chi connectivity index (χ0) is 14.2. The number of benzene rings is 1. The van der Waals surface area contributed by atoms with Gasteiger partial charge in [-0.1, -0.05) is 24.3 Å². The maximum absolute atomic E-state index is 12.6. The second-order valence-electron chi connectivity index (χ2n) is 4.84. The Bertz CT molecular complexity index is 602. The van der Waals surface area contributed by atoms with E-state index >= 15 is 0 Å². The minimum absolute atomic E-state index is 0.561. The van der Waals surface area contributed by atoms with Crippen LogP contribution in [0.5, 0.6) is 0 Å². The maximum Gasteiger partial charge on any atom is 0.443 e. The summed E-state index contributed by atoms with van der Waals surface area (Å²) >= 11 is 0.693. The van der Waals surface area contributed by atoms with Crippen molar-refractivity contribution in [2.45, 2.75) is 31.6 Å². The third-order valence-corrected chi connectivity index (χ3v) is 4.27. The molecule has 1 N–H and O–H groups in total. The Hall–Kier alpha value is -1.40. The highest BCUT2D eigenvalue weighted by atomic mass is 32.1. The van der Waals surface area contributed by atoms with E-state index in [1.54, 1.807) is 0 Å². The van der Waals surface area contributed by atoms with E-state index in [9.17, 15) is 13.2 Å². The van der Waals surface area contributed by atoms with Crippen molar-refractivity contribution in [1.29, 1.82) is 0 Å². The van der Waals surface area contributed by atoms with Crippen LogP contribution in [-0.4, -0.2) is 11.0 Å². The van der Waals surface area contributed by atoms with Crippen molar-refractivity contribution in [3.05, 3.63) is 41.0 Å². The molecule has 1 aliphatic rings. The molecule has 0 atom stereocenters. The van der Waals surface area contributed by atoms with Crippen LogP contribution in [0.25, 0.3) is 10.4 Å². The number of hydrogen-bond acceptors (Lipinski definition) is 3. The third-order valence-electron chi connectivity index (χ3n) is 3.19. The lowest BCUT2D eigenvalue weighted by Gasteiger charge is -2.08. The molecular formula is C14H13F3N2S. The van der Waals surface area contributed by atoms with Crippen molar-refractivity contribution in [3.8, 4) is 10.4 Å². The lowest BCUT2D eigenvalue weighted by molar-refractivity contribution is -0.137. The molecule has 0 amide bonds. The average molecular weight is 298 g/mol. The molecule has 0 aliphatic heterocycles. The molecule has 1 aromatic carbocycles. The normalized spacial score (nSPS) is 15.6. The number of thiazole rings is 1. The lowest BCUT2D eigenvalue weighted by Crippen LogP contribution is -2.15. The van der Waals surface area contributed by atoms with Crippen LogP contribution in [-0.2, 0) is 12.7 Å². The summed E-state index contributed by atoms with van der Waals surface area (Å²) in [5.74, 6) is 0. The van der Waals surface area contributed by atoms with E-state index in [0.717, 1.165) is 11.1 Å². The fourth-order valence-electron chi connectivity index (χ4n) is 1.99. The smallest absolute Gasteiger partial charge is 0.310 e. The predicted octanol–water partition coefficient (Wildman–Crippen LogP) is 4.08.